The topological polar surface area (TPSA) is 42.2 Å². The Labute approximate surface area is 52.7 Å². The number of rotatable bonds is 1. The summed E-state index contributed by atoms with van der Waals surface area (Å²) >= 11 is 0. The van der Waals surface area contributed by atoms with E-state index in [4.69, 9.17) is 5.26 Å². The second-order valence-corrected chi connectivity index (χ2v) is 1.53. The SMILES string of the molecule is C=C(C#N)C1=CCOO1. The number of allylic oxidation sites excluding steroid dienone is 1. The van der Waals surface area contributed by atoms with E-state index >= 15 is 0 Å². The molecule has 1 aliphatic heterocycles. The number of nitriles is 1. The van der Waals surface area contributed by atoms with Gasteiger partial charge in [-0.3, -0.25) is 0 Å². The molecule has 0 aromatic carbocycles. The van der Waals surface area contributed by atoms with Crippen LogP contribution in [0.15, 0.2) is 24.0 Å². The Morgan fingerprint density at radius 1 is 1.89 bits per heavy atom. The summed E-state index contributed by atoms with van der Waals surface area (Å²) in [6.07, 6.45) is 1.66. The van der Waals surface area contributed by atoms with Gasteiger partial charge in [0.25, 0.3) is 0 Å². The highest BCUT2D eigenvalue weighted by Gasteiger charge is 2.09. The van der Waals surface area contributed by atoms with E-state index in [0.29, 0.717) is 17.9 Å². The van der Waals surface area contributed by atoms with Gasteiger partial charge in [0.2, 0.25) is 0 Å². The lowest BCUT2D eigenvalue weighted by Crippen LogP contribution is -1.84. The number of hydrogen-bond acceptors (Lipinski definition) is 3. The molecule has 0 aromatic heterocycles. The Morgan fingerprint density at radius 3 is 3.11 bits per heavy atom. The highest BCUT2D eigenvalue weighted by molar-refractivity contribution is 5.35. The van der Waals surface area contributed by atoms with Crippen LogP contribution in [0, 0.1) is 11.3 Å². The van der Waals surface area contributed by atoms with Crippen LogP contribution in [-0.4, -0.2) is 6.61 Å². The normalized spacial score (nSPS) is 15.7. The summed E-state index contributed by atoms with van der Waals surface area (Å²) in [5, 5.41) is 8.27. The first kappa shape index (κ1) is 5.86. The zero-order chi connectivity index (χ0) is 6.69. The van der Waals surface area contributed by atoms with Crippen LogP contribution in [0.4, 0.5) is 0 Å². The van der Waals surface area contributed by atoms with Crippen LogP contribution in [0.25, 0.3) is 0 Å². The van der Waals surface area contributed by atoms with Crippen LogP contribution in [0.5, 0.6) is 0 Å². The van der Waals surface area contributed by atoms with Crippen molar-refractivity contribution in [1.82, 2.24) is 0 Å². The van der Waals surface area contributed by atoms with Crippen molar-refractivity contribution in [1.29, 1.82) is 5.26 Å². The van der Waals surface area contributed by atoms with Gasteiger partial charge in [-0.2, -0.15) is 10.1 Å². The molecule has 0 bridgehead atoms. The Hall–Kier alpha value is -1.27. The lowest BCUT2D eigenvalue weighted by atomic mass is 10.3. The molecule has 0 amide bonds. The van der Waals surface area contributed by atoms with E-state index in [1.165, 1.54) is 0 Å². The maximum atomic E-state index is 8.27. The zero-order valence-corrected chi connectivity index (χ0v) is 4.76. The molecular weight excluding hydrogens is 118 g/mol. The predicted octanol–water partition coefficient (Wildman–Crippen LogP) is 0.912. The summed E-state index contributed by atoms with van der Waals surface area (Å²) in [6.45, 7) is 3.82. The monoisotopic (exact) mass is 123 g/mol. The molecule has 1 heterocycles. The Kier molecular flexibility index (Phi) is 1.52. The fraction of sp³-hybridized carbons (Fsp3) is 0.167. The fourth-order valence-electron chi connectivity index (χ4n) is 0.470. The molecule has 0 saturated carbocycles. The molecule has 0 unspecified atom stereocenters. The van der Waals surface area contributed by atoms with Crippen molar-refractivity contribution in [3.8, 4) is 6.07 Å². The maximum Gasteiger partial charge on any atom is 0.181 e. The largest absolute Gasteiger partial charge is 0.336 e. The van der Waals surface area contributed by atoms with E-state index in [1.807, 2.05) is 6.07 Å². The molecule has 0 spiro atoms. The van der Waals surface area contributed by atoms with Gasteiger partial charge in [-0.25, -0.2) is 0 Å². The van der Waals surface area contributed by atoms with E-state index in [2.05, 4.69) is 16.4 Å². The first-order valence-corrected chi connectivity index (χ1v) is 2.43. The van der Waals surface area contributed by atoms with Crippen LogP contribution >= 0.6 is 0 Å². The average molecular weight is 123 g/mol. The van der Waals surface area contributed by atoms with Gasteiger partial charge >= 0.3 is 0 Å². The smallest absolute Gasteiger partial charge is 0.181 e. The van der Waals surface area contributed by atoms with E-state index < -0.39 is 0 Å². The van der Waals surface area contributed by atoms with E-state index in [-0.39, 0.29) is 0 Å². The van der Waals surface area contributed by atoms with Crippen molar-refractivity contribution in [2.75, 3.05) is 6.61 Å². The molecule has 0 saturated heterocycles. The van der Waals surface area contributed by atoms with Crippen LogP contribution in [0.2, 0.25) is 0 Å². The molecule has 1 rings (SSSR count). The minimum Gasteiger partial charge on any atom is -0.336 e. The highest BCUT2D eigenvalue weighted by Crippen LogP contribution is 2.13. The molecule has 9 heavy (non-hydrogen) atoms. The van der Waals surface area contributed by atoms with Crippen molar-refractivity contribution in [2.45, 2.75) is 0 Å². The molecular formula is C6H5NO2. The molecule has 0 aliphatic carbocycles. The van der Waals surface area contributed by atoms with Gasteiger partial charge in [0, 0.05) is 0 Å². The number of nitrogens with zero attached hydrogens (tertiary/aromatic N) is 1. The maximum absolute atomic E-state index is 8.27. The molecule has 0 fully saturated rings. The highest BCUT2D eigenvalue weighted by atomic mass is 17.2. The summed E-state index contributed by atoms with van der Waals surface area (Å²) in [5.74, 6) is 0.428. The summed E-state index contributed by atoms with van der Waals surface area (Å²) < 4.78 is 0. The van der Waals surface area contributed by atoms with Crippen LogP contribution in [0.1, 0.15) is 0 Å². The summed E-state index contributed by atoms with van der Waals surface area (Å²) in [5.41, 5.74) is 0.299. The molecule has 0 N–H and O–H groups in total. The summed E-state index contributed by atoms with van der Waals surface area (Å²) in [7, 11) is 0. The standard InChI is InChI=1S/C6H5NO2/c1-5(4-7)6-2-3-8-9-6/h2H,1,3H2. The molecule has 1 aliphatic rings. The van der Waals surface area contributed by atoms with Gasteiger partial charge in [0.15, 0.2) is 5.76 Å². The summed E-state index contributed by atoms with van der Waals surface area (Å²) in [6, 6.07) is 1.84. The average Bonchev–Trinajstić information content (AvgIpc) is 2.37. The van der Waals surface area contributed by atoms with E-state index in [1.54, 1.807) is 6.08 Å². The fourth-order valence-corrected chi connectivity index (χ4v) is 0.470. The van der Waals surface area contributed by atoms with Gasteiger partial charge < -0.3 is 4.89 Å². The van der Waals surface area contributed by atoms with Crippen LogP contribution in [0.3, 0.4) is 0 Å². The Bertz CT molecular complexity index is 200. The molecule has 0 radical (unpaired) electrons. The van der Waals surface area contributed by atoms with Gasteiger partial charge in [-0.05, 0) is 6.08 Å². The van der Waals surface area contributed by atoms with E-state index in [9.17, 15) is 0 Å². The van der Waals surface area contributed by atoms with Gasteiger partial charge in [0.05, 0.1) is 5.57 Å². The zero-order valence-electron chi connectivity index (χ0n) is 4.76. The van der Waals surface area contributed by atoms with Crippen molar-refractivity contribution in [2.24, 2.45) is 0 Å². The van der Waals surface area contributed by atoms with Crippen LogP contribution < -0.4 is 0 Å². The lowest BCUT2D eigenvalue weighted by Gasteiger charge is -1.93. The third-order valence-corrected chi connectivity index (χ3v) is 0.918. The van der Waals surface area contributed by atoms with Gasteiger partial charge in [-0.15, -0.1) is 0 Å². The second-order valence-electron chi connectivity index (χ2n) is 1.53. The molecule has 3 nitrogen and oxygen atoms in total. The van der Waals surface area contributed by atoms with Crippen molar-refractivity contribution in [3.63, 3.8) is 0 Å². The predicted molar refractivity (Wildman–Crippen MR) is 29.9 cm³/mol. The molecule has 46 valence electrons. The van der Waals surface area contributed by atoms with Crippen LogP contribution in [-0.2, 0) is 9.78 Å². The minimum atomic E-state index is 0.299. The Balaban J connectivity index is 2.64. The second kappa shape index (κ2) is 2.33. The Morgan fingerprint density at radius 2 is 2.67 bits per heavy atom. The lowest BCUT2D eigenvalue weighted by molar-refractivity contribution is -0.230. The first-order valence-electron chi connectivity index (χ1n) is 2.43. The quantitative estimate of drug-likeness (QED) is 0.384. The molecule has 0 atom stereocenters. The molecule has 0 aromatic rings. The van der Waals surface area contributed by atoms with E-state index in [0.717, 1.165) is 0 Å². The van der Waals surface area contributed by atoms with Crippen molar-refractivity contribution >= 4 is 0 Å². The first-order chi connectivity index (χ1) is 4.34. The third kappa shape index (κ3) is 1.09. The molecule has 3 heteroatoms. The van der Waals surface area contributed by atoms with Crippen molar-refractivity contribution < 1.29 is 9.78 Å². The third-order valence-electron chi connectivity index (χ3n) is 0.918. The summed E-state index contributed by atoms with van der Waals surface area (Å²) in [4.78, 5) is 9.02. The number of hydrogen-bond donors (Lipinski definition) is 0. The van der Waals surface area contributed by atoms with Gasteiger partial charge in [-0.1, -0.05) is 6.58 Å². The minimum absolute atomic E-state index is 0.299. The van der Waals surface area contributed by atoms with Gasteiger partial charge in [0.1, 0.15) is 12.7 Å². The van der Waals surface area contributed by atoms with Crippen molar-refractivity contribution in [3.05, 3.63) is 24.0 Å².